The lowest BCUT2D eigenvalue weighted by Gasteiger charge is -2.09. The second-order valence-electron chi connectivity index (χ2n) is 28.5. The number of carbonyl (C=O) groups is 6. The molecule has 6 amide bonds. The molecule has 0 bridgehead atoms. The van der Waals surface area contributed by atoms with E-state index in [4.69, 9.17) is 74.0 Å². The van der Waals surface area contributed by atoms with Crippen molar-refractivity contribution < 1.29 is 131 Å². The number of benzene rings is 6. The number of rotatable bonds is 30. The number of hydrogen-bond acceptors (Lipinski definition) is 18. The number of aromatic nitrogens is 6. The van der Waals surface area contributed by atoms with Crippen molar-refractivity contribution in [3.63, 3.8) is 0 Å². The predicted octanol–water partition coefficient (Wildman–Crippen LogP) is 11.5. The van der Waals surface area contributed by atoms with Gasteiger partial charge >= 0.3 is 36.6 Å². The lowest BCUT2D eigenvalue weighted by Crippen LogP contribution is -2.28. The molecule has 12 heterocycles. The van der Waals surface area contributed by atoms with Gasteiger partial charge in [0.1, 0.15) is 39.4 Å². The molecule has 6 aromatic carbocycles. The van der Waals surface area contributed by atoms with Crippen molar-refractivity contribution >= 4 is 102 Å². The summed E-state index contributed by atoms with van der Waals surface area (Å²) in [6.07, 6.45) is -18.8. The Hall–Kier alpha value is -12.1. The fourth-order valence-electron chi connectivity index (χ4n) is 12.7. The molecule has 6 aliphatic rings. The third kappa shape index (κ3) is 26.5. The van der Waals surface area contributed by atoms with Crippen LogP contribution in [0.15, 0.2) is 146 Å². The van der Waals surface area contributed by atoms with Gasteiger partial charge in [-0.2, -0.15) is 0 Å². The predicted molar refractivity (Wildman–Crippen MR) is 495 cm³/mol. The second kappa shape index (κ2) is 43.7. The molecule has 6 atom stereocenters. The Balaban J connectivity index is 0.000000176. The number of fused-ring (bicyclic) bond motifs is 6. The van der Waals surface area contributed by atoms with Crippen molar-refractivity contribution in [1.29, 1.82) is 0 Å². The van der Waals surface area contributed by atoms with Crippen LogP contribution in [-0.2, 0) is 105 Å². The first-order valence-corrected chi connectivity index (χ1v) is 38.3. The summed E-state index contributed by atoms with van der Waals surface area (Å²) in [6.45, 7) is -41.1. The van der Waals surface area contributed by atoms with Gasteiger partial charge in [-0.25, -0.2) is 28.8 Å². The number of alkyl carbamates (subject to hydrolysis) is 6. The maximum atomic E-state index is 11.5. The minimum atomic E-state index is -3.25. The minimum Gasteiger partial charge on any atom is -0.447 e. The number of cyclic esters (lactones) is 6. The highest BCUT2D eigenvalue weighted by molar-refractivity contribution is 5.88. The third-order valence-electron chi connectivity index (χ3n) is 18.4. The van der Waals surface area contributed by atoms with E-state index < -0.39 is 250 Å². The maximum absolute atomic E-state index is 11.5. The molecule has 672 valence electrons. The van der Waals surface area contributed by atoms with Crippen LogP contribution in [0, 0.1) is 0 Å². The number of carbonyl (C=O) groups excluding carboxylic acids is 6. The topological polar surface area (TPSA) is 344 Å². The van der Waals surface area contributed by atoms with Crippen molar-refractivity contribution in [1.82, 2.24) is 91.2 Å². The molecule has 0 unspecified atom stereocenters. The Morgan fingerprint density at radius 1 is 0.286 bits per heavy atom. The molecule has 6 fully saturated rings. The van der Waals surface area contributed by atoms with E-state index in [9.17, 15) is 28.8 Å². The fraction of sp³-hybridized carbons (Fsp3) is 0.438. The fourth-order valence-corrected chi connectivity index (χ4v) is 12.7. The van der Waals surface area contributed by atoms with E-state index in [1.165, 1.54) is 122 Å². The number of nitrogens with one attached hydrogen (secondary N) is 12. The van der Waals surface area contributed by atoms with Gasteiger partial charge in [-0.15, -0.1) is 0 Å². The van der Waals surface area contributed by atoms with Crippen LogP contribution in [0.25, 0.3) is 65.4 Å². The zero-order valence-electron chi connectivity index (χ0n) is 122. The Kier molecular flexibility index (Phi) is 15.6. The minimum absolute atomic E-state index is 0.00972. The highest BCUT2D eigenvalue weighted by atomic mass is 16.6. The second-order valence-corrected chi connectivity index (χ2v) is 28.5. The number of nitrogens with zero attached hydrogens (tertiary/aromatic N) is 6. The molecular weight excluding hydrogens is 1600 g/mol. The summed E-state index contributed by atoms with van der Waals surface area (Å²) in [6, 6.07) is 16.6. The Morgan fingerprint density at radius 3 is 0.722 bits per heavy atom. The monoisotopic (exact) mass is 1780 g/mol. The number of hydrogen-bond donors (Lipinski definition) is 12. The number of amides is 6. The smallest absolute Gasteiger partial charge is 0.407 e. The number of H-pyrrole nitrogens is 6. The first kappa shape index (κ1) is 44.9. The summed E-state index contributed by atoms with van der Waals surface area (Å²) >= 11 is 0. The van der Waals surface area contributed by atoms with Gasteiger partial charge in [0.25, 0.3) is 0 Å². The van der Waals surface area contributed by atoms with Crippen LogP contribution < -0.4 is 31.9 Å². The van der Waals surface area contributed by atoms with E-state index in [2.05, 4.69) is 90.2 Å². The molecule has 0 spiro atoms. The van der Waals surface area contributed by atoms with Crippen LogP contribution in [0.4, 0.5) is 28.8 Å². The molecule has 126 heavy (non-hydrogen) atoms. The lowest BCUT2D eigenvalue weighted by molar-refractivity contribution is 0.176. The molecule has 0 aliphatic carbocycles. The standard InChI is InChI=1S/6C16H21N3O2/c6*1-19(2)6-5-12-9-17-15-4-3-11(8-14(12)15)7-13-10-21-16(20)18-13/h6*3-4,8-9,13,17H,5-7,10H2,1-2H3,(H,18,20)/t6*13-/m000000/s1/i1D3,2D3,6D2,7D2,10D2;1D3,2D3,5D2,7D2,10D2;1D3,6D2,7D2,10D2;1D3,5D2,7D2,10D2;6D2,7D2,10D2;5D2,7D2,10D2. The van der Waals surface area contributed by atoms with Crippen LogP contribution in [0.3, 0.4) is 0 Å². The lowest BCUT2D eigenvalue weighted by atomic mass is 10.0. The highest BCUT2D eigenvalue weighted by Crippen LogP contribution is 2.29. The normalized spacial score (nSPS) is 29.0. The van der Waals surface area contributed by atoms with Gasteiger partial charge in [0, 0.05) is 199 Å². The Morgan fingerprint density at radius 2 is 0.500 bits per heavy atom. The van der Waals surface area contributed by atoms with Crippen molar-refractivity contribution in [2.45, 2.75) is 113 Å². The average Bonchev–Trinajstić information content (AvgIpc) is 1.60. The zero-order chi connectivity index (χ0) is 136. The van der Waals surface area contributed by atoms with Gasteiger partial charge in [0.15, 0.2) is 0 Å². The van der Waals surface area contributed by atoms with Crippen molar-refractivity contribution in [3.8, 4) is 0 Å². The van der Waals surface area contributed by atoms with E-state index >= 15 is 0 Å². The number of likely N-dealkylation sites (N-methyl/N-ethyl adjacent to an activating group) is 6. The molecule has 6 saturated heterocycles. The van der Waals surface area contributed by atoms with Crippen molar-refractivity contribution in [2.75, 3.05) is 163 Å². The molecule has 0 saturated carbocycles. The van der Waals surface area contributed by atoms with Gasteiger partial charge < -0.3 is 120 Å². The molecule has 6 aromatic heterocycles. The van der Waals surface area contributed by atoms with E-state index in [1.54, 1.807) is 69.7 Å². The number of ether oxygens (including phenoxy) is 6. The summed E-state index contributed by atoms with van der Waals surface area (Å²) in [4.78, 5) is 90.8. The zero-order valence-corrected chi connectivity index (χ0v) is 68.1. The number of aromatic amines is 6. The maximum Gasteiger partial charge on any atom is 0.407 e. The van der Waals surface area contributed by atoms with Crippen LogP contribution >= 0.6 is 0 Å². The Labute approximate surface area is 812 Å². The largest absolute Gasteiger partial charge is 0.447 e. The molecule has 30 nitrogen and oxygen atoms in total. The molecule has 12 N–H and O–H groups in total. The SMILES string of the molecule is [2H]C([2H])(CN(C([2H])([2H])[2H])C([2H])([2H])[2H])c1c[nH]c2ccc(C([2H])([2H])[C@@H]3NC(=O)OC3([2H])[2H])cc12.[2H]C([2H])(CN(C)C([2H])([2H])[2H])c1c[nH]c2ccc(C([2H])([2H])[C@@H]3NC(=O)OC3([2H])[2H])cc12.[2H]C([2H])(CN(C)C)c1c[nH]c2ccc(C([2H])([2H])[C@@H]3NC(=O)OC3([2H])[2H])cc12.[2H]C1([2H])OC(=O)N[C@H]1C([2H])([2H])c1ccc2[nH]cc(CC([2H])([2H])N(C([2H])([2H])[2H])C([2H])([2H])[2H])c2c1.[2H]C1([2H])OC(=O)N[C@H]1C([2H])([2H])c1ccc2[nH]cc(CC([2H])([2H])N(C)C([2H])([2H])[2H])c2c1.[2H]C1([2H])OC(=O)N[C@H]1C([2H])([2H])c1ccc2[nH]cc(CC([2H])([2H])N(C)C)c2c1. The third-order valence-corrected chi connectivity index (χ3v) is 18.4. The summed E-state index contributed by atoms with van der Waals surface area (Å²) in [5.41, 5.74) is 5.13. The summed E-state index contributed by atoms with van der Waals surface area (Å²) < 4.78 is 455. The molecule has 6 aliphatic heterocycles. The van der Waals surface area contributed by atoms with Crippen molar-refractivity contribution in [3.05, 3.63) is 213 Å². The molecule has 30 heteroatoms. The quantitative estimate of drug-likeness (QED) is 0.0186. The van der Waals surface area contributed by atoms with Crippen LogP contribution in [0.2, 0.25) is 0 Å². The summed E-state index contributed by atoms with van der Waals surface area (Å²) in [7, 11) is 9.27. The molecule has 12 aromatic rings. The van der Waals surface area contributed by atoms with Gasteiger partial charge in [-0.3, -0.25) is 0 Å². The van der Waals surface area contributed by atoms with Gasteiger partial charge in [-0.05, 0) is 300 Å². The Bertz CT molecular complexity index is 8210. The van der Waals surface area contributed by atoms with Crippen LogP contribution in [0.5, 0.6) is 0 Å². The van der Waals surface area contributed by atoms with Gasteiger partial charge in [0.2, 0.25) is 0 Å². The highest BCUT2D eigenvalue weighted by Gasteiger charge is 2.29. The summed E-state index contributed by atoms with van der Waals surface area (Å²) in [5, 5.41) is 15.3. The molecular formula is C96H126N18O12. The summed E-state index contributed by atoms with van der Waals surface area (Å²) in [5.74, 6) is 0. The molecule has 18 rings (SSSR count). The van der Waals surface area contributed by atoms with E-state index in [0.29, 0.717) is 76.2 Å². The molecule has 0 radical (unpaired) electrons. The van der Waals surface area contributed by atoms with Gasteiger partial charge in [-0.1, -0.05) is 36.4 Å². The van der Waals surface area contributed by atoms with Crippen LogP contribution in [-0.4, -0.2) is 295 Å². The first-order valence-electron chi connectivity index (χ1n) is 65.3. The first-order chi connectivity index (χ1) is 81.3. The van der Waals surface area contributed by atoms with E-state index in [0.717, 1.165) is 11.9 Å². The number of aryl methyl sites for hydroxylation is 3. The average molecular weight is 1780 g/mol. The van der Waals surface area contributed by atoms with Crippen molar-refractivity contribution in [2.24, 2.45) is 0 Å². The van der Waals surface area contributed by atoms with E-state index in [1.807, 2.05) is 0 Å². The van der Waals surface area contributed by atoms with E-state index in [-0.39, 0.29) is 90.0 Å². The van der Waals surface area contributed by atoms with Gasteiger partial charge in [0.05, 0.1) is 52.7 Å². The van der Waals surface area contributed by atoms with Crippen LogP contribution in [0.1, 0.15) is 141 Å².